The first-order valence-corrected chi connectivity index (χ1v) is 7.04. The first-order chi connectivity index (χ1) is 8.86. The molecule has 1 unspecified atom stereocenters. The maximum Gasteiger partial charge on any atom is 0.240 e. The lowest BCUT2D eigenvalue weighted by Crippen LogP contribution is -2.31. The van der Waals surface area contributed by atoms with Crippen LogP contribution in [0.2, 0.25) is 0 Å². The van der Waals surface area contributed by atoms with Gasteiger partial charge in [-0.1, -0.05) is 18.0 Å². The van der Waals surface area contributed by atoms with Crippen molar-refractivity contribution in [3.05, 3.63) is 11.7 Å². The highest BCUT2D eigenvalue weighted by Gasteiger charge is 2.27. The fraction of sp³-hybridized carbons (Fsp3) is 0.846. The number of hydrogen-bond donors (Lipinski definition) is 1. The molecule has 1 aliphatic heterocycles. The van der Waals surface area contributed by atoms with Crippen molar-refractivity contribution in [2.24, 2.45) is 0 Å². The Balaban J connectivity index is 1.62. The smallest absolute Gasteiger partial charge is 0.240 e. The lowest BCUT2D eigenvalue weighted by atomic mass is 10.1. The summed E-state index contributed by atoms with van der Waals surface area (Å²) in [5.74, 6) is 2.11. The Morgan fingerprint density at radius 3 is 2.83 bits per heavy atom. The average molecular weight is 251 g/mol. The van der Waals surface area contributed by atoms with E-state index in [-0.39, 0.29) is 12.6 Å². The van der Waals surface area contributed by atoms with Gasteiger partial charge in [0.15, 0.2) is 5.82 Å². The van der Waals surface area contributed by atoms with Crippen molar-refractivity contribution >= 4 is 0 Å². The molecule has 1 saturated heterocycles. The maximum absolute atomic E-state index is 9.28. The molecule has 1 saturated carbocycles. The number of aromatic nitrogens is 2. The molecule has 2 fully saturated rings. The predicted octanol–water partition coefficient (Wildman–Crippen LogP) is 1.68. The van der Waals surface area contributed by atoms with Crippen LogP contribution >= 0.6 is 0 Å². The highest BCUT2D eigenvalue weighted by Crippen LogP contribution is 2.32. The molecule has 2 heterocycles. The molecule has 1 aromatic rings. The number of likely N-dealkylation sites (tertiary alicyclic amines) is 1. The van der Waals surface area contributed by atoms with Gasteiger partial charge in [0, 0.05) is 12.0 Å². The third-order valence-corrected chi connectivity index (χ3v) is 4.25. The van der Waals surface area contributed by atoms with E-state index >= 15 is 0 Å². The minimum Gasteiger partial charge on any atom is -0.395 e. The zero-order chi connectivity index (χ0) is 12.4. The van der Waals surface area contributed by atoms with Crippen molar-refractivity contribution in [1.82, 2.24) is 15.0 Å². The summed E-state index contributed by atoms with van der Waals surface area (Å²) in [4.78, 5) is 6.77. The van der Waals surface area contributed by atoms with E-state index in [1.807, 2.05) is 0 Å². The first-order valence-electron chi connectivity index (χ1n) is 7.04. The molecule has 1 N–H and O–H groups in total. The SMILES string of the molecule is OCC1CCCN1Cc1nc(C2CCCC2)no1. The molecule has 0 bridgehead atoms. The minimum atomic E-state index is 0.226. The first kappa shape index (κ1) is 12.1. The van der Waals surface area contributed by atoms with Gasteiger partial charge in [-0.3, -0.25) is 4.90 Å². The van der Waals surface area contributed by atoms with Crippen molar-refractivity contribution in [1.29, 1.82) is 0 Å². The van der Waals surface area contributed by atoms with Gasteiger partial charge in [0.1, 0.15) is 0 Å². The van der Waals surface area contributed by atoms with Crippen LogP contribution in [0, 0.1) is 0 Å². The summed E-state index contributed by atoms with van der Waals surface area (Å²) in [5.41, 5.74) is 0. The van der Waals surface area contributed by atoms with Crippen LogP contribution in [0.1, 0.15) is 56.2 Å². The molecule has 0 aromatic carbocycles. The molecular formula is C13H21N3O2. The normalized spacial score (nSPS) is 26.2. The van der Waals surface area contributed by atoms with Crippen molar-refractivity contribution in [2.75, 3.05) is 13.2 Å². The van der Waals surface area contributed by atoms with Crippen LogP contribution in [0.4, 0.5) is 0 Å². The zero-order valence-corrected chi connectivity index (χ0v) is 10.7. The topological polar surface area (TPSA) is 62.4 Å². The van der Waals surface area contributed by atoms with Crippen LogP contribution in [0.5, 0.6) is 0 Å². The third kappa shape index (κ3) is 2.42. The Bertz CT molecular complexity index is 387. The van der Waals surface area contributed by atoms with Crippen LogP contribution < -0.4 is 0 Å². The molecule has 0 amide bonds. The molecule has 2 aliphatic rings. The largest absolute Gasteiger partial charge is 0.395 e. The maximum atomic E-state index is 9.28. The molecule has 0 spiro atoms. The van der Waals surface area contributed by atoms with Crippen LogP contribution in [0.15, 0.2) is 4.52 Å². The second kappa shape index (κ2) is 5.36. The van der Waals surface area contributed by atoms with Crippen molar-refractivity contribution in [3.8, 4) is 0 Å². The fourth-order valence-electron chi connectivity index (χ4n) is 3.17. The van der Waals surface area contributed by atoms with E-state index < -0.39 is 0 Å². The van der Waals surface area contributed by atoms with E-state index in [4.69, 9.17) is 4.52 Å². The van der Waals surface area contributed by atoms with E-state index in [2.05, 4.69) is 15.0 Å². The summed E-state index contributed by atoms with van der Waals surface area (Å²) in [6, 6.07) is 0.270. The predicted molar refractivity (Wildman–Crippen MR) is 66.0 cm³/mol. The Hall–Kier alpha value is -0.940. The van der Waals surface area contributed by atoms with Gasteiger partial charge in [0.25, 0.3) is 0 Å². The molecule has 18 heavy (non-hydrogen) atoms. The Kier molecular flexibility index (Phi) is 3.61. The molecule has 1 atom stereocenters. The van der Waals surface area contributed by atoms with Gasteiger partial charge < -0.3 is 9.63 Å². The standard InChI is InChI=1S/C13H21N3O2/c17-9-11-6-3-7-16(11)8-12-14-13(15-18-12)10-4-1-2-5-10/h10-11,17H,1-9H2. The summed E-state index contributed by atoms with van der Waals surface area (Å²) >= 11 is 0. The van der Waals surface area contributed by atoms with Gasteiger partial charge in [-0.15, -0.1) is 0 Å². The van der Waals surface area contributed by atoms with Gasteiger partial charge >= 0.3 is 0 Å². The van der Waals surface area contributed by atoms with Crippen LogP contribution in [0.3, 0.4) is 0 Å². The van der Waals surface area contributed by atoms with Crippen molar-refractivity contribution < 1.29 is 9.63 Å². The van der Waals surface area contributed by atoms with Crippen LogP contribution in [-0.2, 0) is 6.54 Å². The second-order valence-corrected chi connectivity index (χ2v) is 5.48. The van der Waals surface area contributed by atoms with E-state index in [9.17, 15) is 5.11 Å². The van der Waals surface area contributed by atoms with Crippen LogP contribution in [0.25, 0.3) is 0 Å². The molecule has 5 nitrogen and oxygen atoms in total. The number of rotatable bonds is 4. The Morgan fingerprint density at radius 1 is 1.22 bits per heavy atom. The number of hydrogen-bond acceptors (Lipinski definition) is 5. The summed E-state index contributed by atoms with van der Waals surface area (Å²) < 4.78 is 5.35. The van der Waals surface area contributed by atoms with Gasteiger partial charge in [-0.2, -0.15) is 4.98 Å². The van der Waals surface area contributed by atoms with Gasteiger partial charge in [0.05, 0.1) is 13.2 Å². The van der Waals surface area contributed by atoms with Gasteiger partial charge in [-0.05, 0) is 32.2 Å². The lowest BCUT2D eigenvalue weighted by Gasteiger charge is -2.20. The quantitative estimate of drug-likeness (QED) is 0.882. The molecule has 3 rings (SSSR count). The second-order valence-electron chi connectivity index (χ2n) is 5.48. The molecule has 1 aromatic heterocycles. The monoisotopic (exact) mass is 251 g/mol. The Labute approximate surface area is 107 Å². The zero-order valence-electron chi connectivity index (χ0n) is 10.7. The van der Waals surface area contributed by atoms with E-state index in [1.165, 1.54) is 25.7 Å². The summed E-state index contributed by atoms with van der Waals surface area (Å²) in [6.07, 6.45) is 7.18. The van der Waals surface area contributed by atoms with Crippen molar-refractivity contribution in [2.45, 2.75) is 57.0 Å². The molecule has 0 radical (unpaired) electrons. The lowest BCUT2D eigenvalue weighted by molar-refractivity contribution is 0.141. The highest BCUT2D eigenvalue weighted by molar-refractivity contribution is 4.98. The average Bonchev–Trinajstić information content (AvgIpc) is 3.10. The number of aliphatic hydroxyl groups excluding tert-OH is 1. The van der Waals surface area contributed by atoms with Gasteiger partial charge in [0.2, 0.25) is 5.89 Å². The molecule has 1 aliphatic carbocycles. The summed E-state index contributed by atoms with van der Waals surface area (Å²) in [7, 11) is 0. The Morgan fingerprint density at radius 2 is 2.06 bits per heavy atom. The van der Waals surface area contributed by atoms with E-state index in [1.54, 1.807) is 0 Å². The third-order valence-electron chi connectivity index (χ3n) is 4.25. The molecule has 100 valence electrons. The van der Waals surface area contributed by atoms with E-state index in [0.717, 1.165) is 25.2 Å². The summed E-state index contributed by atoms with van der Waals surface area (Å²) in [5, 5.41) is 13.4. The fourth-order valence-corrected chi connectivity index (χ4v) is 3.17. The molecule has 5 heteroatoms. The van der Waals surface area contributed by atoms with Crippen LogP contribution in [-0.4, -0.2) is 39.3 Å². The molecular weight excluding hydrogens is 230 g/mol. The summed E-state index contributed by atoms with van der Waals surface area (Å²) in [6.45, 7) is 1.93. The van der Waals surface area contributed by atoms with Gasteiger partial charge in [-0.25, -0.2) is 0 Å². The number of aliphatic hydroxyl groups is 1. The minimum absolute atomic E-state index is 0.226. The van der Waals surface area contributed by atoms with E-state index in [0.29, 0.717) is 18.4 Å². The van der Waals surface area contributed by atoms with Crippen molar-refractivity contribution in [3.63, 3.8) is 0 Å². The highest BCUT2D eigenvalue weighted by atomic mass is 16.5. The number of nitrogens with zero attached hydrogens (tertiary/aromatic N) is 3.